The van der Waals surface area contributed by atoms with Crippen LogP contribution >= 0.6 is 0 Å². The van der Waals surface area contributed by atoms with Crippen molar-refractivity contribution in [3.63, 3.8) is 0 Å². The summed E-state index contributed by atoms with van der Waals surface area (Å²) in [5.74, 6) is 0. The summed E-state index contributed by atoms with van der Waals surface area (Å²) in [5, 5.41) is 10.6. The van der Waals surface area contributed by atoms with E-state index >= 15 is 0 Å². The van der Waals surface area contributed by atoms with Crippen LogP contribution in [0.25, 0.3) is 0 Å². The quantitative estimate of drug-likeness (QED) is 0.741. The van der Waals surface area contributed by atoms with Crippen molar-refractivity contribution in [3.8, 4) is 0 Å². The molecule has 0 aliphatic rings. The molecule has 0 saturated heterocycles. The number of hydrogen-bond acceptors (Lipinski definition) is 2. The zero-order chi connectivity index (χ0) is 9.84. The number of H-pyrrole nitrogens is 1. The molecule has 3 heteroatoms. The normalized spacial score (nSPS) is 13.6. The summed E-state index contributed by atoms with van der Waals surface area (Å²) in [6.07, 6.45) is 0.989. The van der Waals surface area contributed by atoms with Gasteiger partial charge in [0.05, 0.1) is 5.69 Å². The van der Waals surface area contributed by atoms with Crippen LogP contribution in [0.3, 0.4) is 0 Å². The fraction of sp³-hybridized carbons (Fsp3) is 0.700. The lowest BCUT2D eigenvalue weighted by Gasteiger charge is -2.15. The monoisotopic (exact) mass is 181 g/mol. The van der Waals surface area contributed by atoms with Gasteiger partial charge in [0.25, 0.3) is 0 Å². The van der Waals surface area contributed by atoms with Crippen LogP contribution in [-0.2, 0) is 6.42 Å². The minimum absolute atomic E-state index is 0.489. The Balaban J connectivity index is 2.40. The van der Waals surface area contributed by atoms with Gasteiger partial charge in [-0.3, -0.25) is 5.10 Å². The Kier molecular flexibility index (Phi) is 3.48. The third kappa shape index (κ3) is 3.59. The van der Waals surface area contributed by atoms with Gasteiger partial charge in [-0.2, -0.15) is 5.10 Å². The Labute approximate surface area is 79.9 Å². The van der Waals surface area contributed by atoms with Gasteiger partial charge in [-0.15, -0.1) is 0 Å². The first-order valence-corrected chi connectivity index (χ1v) is 4.85. The molecule has 2 N–H and O–H groups in total. The lowest BCUT2D eigenvalue weighted by Crippen LogP contribution is -2.33. The van der Waals surface area contributed by atoms with Gasteiger partial charge in [0.15, 0.2) is 0 Å². The van der Waals surface area contributed by atoms with Gasteiger partial charge in [0.2, 0.25) is 0 Å². The molecule has 0 bridgehead atoms. The van der Waals surface area contributed by atoms with E-state index in [4.69, 9.17) is 0 Å². The molecule has 74 valence electrons. The zero-order valence-electron chi connectivity index (χ0n) is 8.89. The molecule has 0 aliphatic heterocycles. The molecule has 13 heavy (non-hydrogen) atoms. The highest BCUT2D eigenvalue weighted by molar-refractivity contribution is 5.07. The summed E-state index contributed by atoms with van der Waals surface area (Å²) < 4.78 is 0. The van der Waals surface area contributed by atoms with Crippen molar-refractivity contribution in [1.82, 2.24) is 15.5 Å². The maximum absolute atomic E-state index is 4.20. The molecule has 0 aromatic carbocycles. The molecule has 1 aromatic rings. The van der Waals surface area contributed by atoms with Crippen molar-refractivity contribution in [2.75, 3.05) is 0 Å². The van der Waals surface area contributed by atoms with Crippen molar-refractivity contribution in [3.05, 3.63) is 17.5 Å². The molecule has 0 fully saturated rings. The lowest BCUT2D eigenvalue weighted by atomic mass is 10.1. The number of aromatic nitrogens is 2. The molecule has 1 unspecified atom stereocenters. The molecular weight excluding hydrogens is 162 g/mol. The highest BCUT2D eigenvalue weighted by atomic mass is 15.1. The largest absolute Gasteiger partial charge is 0.312 e. The molecule has 0 amide bonds. The van der Waals surface area contributed by atoms with E-state index in [1.807, 2.05) is 6.92 Å². The second-order valence-corrected chi connectivity index (χ2v) is 3.97. The molecule has 0 radical (unpaired) electrons. The Hall–Kier alpha value is -0.830. The van der Waals surface area contributed by atoms with Gasteiger partial charge >= 0.3 is 0 Å². The maximum Gasteiger partial charge on any atom is 0.0640 e. The summed E-state index contributed by atoms with van der Waals surface area (Å²) in [4.78, 5) is 0. The van der Waals surface area contributed by atoms with E-state index in [2.05, 4.69) is 42.4 Å². The first kappa shape index (κ1) is 10.3. The smallest absolute Gasteiger partial charge is 0.0640 e. The van der Waals surface area contributed by atoms with Gasteiger partial charge in [-0.05, 0) is 19.9 Å². The van der Waals surface area contributed by atoms with E-state index in [1.165, 1.54) is 0 Å². The first-order valence-electron chi connectivity index (χ1n) is 4.85. The van der Waals surface area contributed by atoms with Crippen molar-refractivity contribution >= 4 is 0 Å². The number of aromatic amines is 1. The van der Waals surface area contributed by atoms with Crippen LogP contribution in [0.2, 0.25) is 0 Å². The number of rotatable bonds is 4. The first-order chi connectivity index (χ1) is 6.08. The zero-order valence-corrected chi connectivity index (χ0v) is 8.89. The molecule has 0 saturated carbocycles. The maximum atomic E-state index is 4.20. The molecule has 0 spiro atoms. The lowest BCUT2D eigenvalue weighted by molar-refractivity contribution is 0.484. The van der Waals surface area contributed by atoms with Gasteiger partial charge in [-0.1, -0.05) is 13.8 Å². The number of nitrogens with one attached hydrogen (secondary N) is 2. The standard InChI is InChI=1S/C10H19N3/c1-7(2)11-8(3)5-10-6-9(4)12-13-10/h6-8,11H,5H2,1-4H3,(H,12,13). The van der Waals surface area contributed by atoms with Crippen LogP contribution in [-0.4, -0.2) is 22.3 Å². The van der Waals surface area contributed by atoms with Crippen LogP contribution in [0, 0.1) is 6.92 Å². The molecular formula is C10H19N3. The van der Waals surface area contributed by atoms with Crippen LogP contribution in [0.4, 0.5) is 0 Å². The minimum Gasteiger partial charge on any atom is -0.312 e. The van der Waals surface area contributed by atoms with Crippen molar-refractivity contribution < 1.29 is 0 Å². The fourth-order valence-corrected chi connectivity index (χ4v) is 1.52. The summed E-state index contributed by atoms with van der Waals surface area (Å²) in [7, 11) is 0. The van der Waals surface area contributed by atoms with E-state index in [-0.39, 0.29) is 0 Å². The minimum atomic E-state index is 0.489. The summed E-state index contributed by atoms with van der Waals surface area (Å²) >= 11 is 0. The van der Waals surface area contributed by atoms with Crippen LogP contribution in [0.15, 0.2) is 6.07 Å². The van der Waals surface area contributed by atoms with E-state index in [9.17, 15) is 0 Å². The highest BCUT2D eigenvalue weighted by Gasteiger charge is 2.06. The van der Waals surface area contributed by atoms with Crippen molar-refractivity contribution in [2.45, 2.75) is 46.2 Å². The summed E-state index contributed by atoms with van der Waals surface area (Å²) in [6, 6.07) is 3.12. The van der Waals surface area contributed by atoms with Crippen molar-refractivity contribution in [1.29, 1.82) is 0 Å². The second kappa shape index (κ2) is 4.42. The van der Waals surface area contributed by atoms with Crippen LogP contribution in [0.1, 0.15) is 32.2 Å². The predicted octanol–water partition coefficient (Wildman–Crippen LogP) is 1.65. The Morgan fingerprint density at radius 2 is 2.15 bits per heavy atom. The Morgan fingerprint density at radius 3 is 2.62 bits per heavy atom. The fourth-order valence-electron chi connectivity index (χ4n) is 1.52. The number of aryl methyl sites for hydroxylation is 1. The van der Waals surface area contributed by atoms with E-state index < -0.39 is 0 Å². The van der Waals surface area contributed by atoms with Gasteiger partial charge in [-0.25, -0.2) is 0 Å². The van der Waals surface area contributed by atoms with Crippen LogP contribution in [0.5, 0.6) is 0 Å². The van der Waals surface area contributed by atoms with Gasteiger partial charge < -0.3 is 5.32 Å². The van der Waals surface area contributed by atoms with E-state index in [0.717, 1.165) is 17.8 Å². The average molecular weight is 181 g/mol. The molecule has 1 heterocycles. The Bertz CT molecular complexity index is 252. The molecule has 3 nitrogen and oxygen atoms in total. The van der Waals surface area contributed by atoms with E-state index in [1.54, 1.807) is 0 Å². The average Bonchev–Trinajstić information content (AvgIpc) is 2.33. The predicted molar refractivity (Wildman–Crippen MR) is 54.8 cm³/mol. The number of hydrogen-bond donors (Lipinski definition) is 2. The van der Waals surface area contributed by atoms with E-state index in [0.29, 0.717) is 12.1 Å². The molecule has 0 aliphatic carbocycles. The summed E-state index contributed by atoms with van der Waals surface area (Å²) in [6.45, 7) is 8.53. The Morgan fingerprint density at radius 1 is 1.46 bits per heavy atom. The van der Waals surface area contributed by atoms with Crippen LogP contribution < -0.4 is 5.32 Å². The van der Waals surface area contributed by atoms with Gasteiger partial charge in [0, 0.05) is 24.2 Å². The highest BCUT2D eigenvalue weighted by Crippen LogP contribution is 2.02. The number of nitrogens with zero attached hydrogens (tertiary/aromatic N) is 1. The third-order valence-electron chi connectivity index (χ3n) is 1.89. The second-order valence-electron chi connectivity index (χ2n) is 3.97. The van der Waals surface area contributed by atoms with Crippen molar-refractivity contribution in [2.24, 2.45) is 0 Å². The SMILES string of the molecule is Cc1cc(CC(C)NC(C)C)n[nH]1. The van der Waals surface area contributed by atoms with Gasteiger partial charge in [0.1, 0.15) is 0 Å². The topological polar surface area (TPSA) is 40.7 Å². The summed E-state index contributed by atoms with van der Waals surface area (Å²) in [5.41, 5.74) is 2.27. The molecule has 1 rings (SSSR count). The molecule has 1 atom stereocenters. The molecule has 1 aromatic heterocycles. The third-order valence-corrected chi connectivity index (χ3v) is 1.89.